The molecule has 9 heteroatoms. The number of benzene rings is 2. The molecule has 0 radical (unpaired) electrons. The minimum atomic E-state index is -1.30. The van der Waals surface area contributed by atoms with Crippen LogP contribution in [-0.4, -0.2) is 40.2 Å². The highest BCUT2D eigenvalue weighted by atomic mass is 35.5. The average Bonchev–Trinajstić information content (AvgIpc) is 3.27. The third kappa shape index (κ3) is 3.33. The summed E-state index contributed by atoms with van der Waals surface area (Å²) in [6.07, 6.45) is 2.50. The van der Waals surface area contributed by atoms with Crippen molar-refractivity contribution < 1.29 is 28.7 Å². The molecule has 0 aromatic heterocycles. The SMILES string of the molecule is CCN1C(=O)C2CC=C3C(CC4C(=O)N(c5ccc(F)c(Cl)c5)C(=O)C4(C)C3c3cccc(C)c3O)C2C1=O. The van der Waals surface area contributed by atoms with Crippen molar-refractivity contribution >= 4 is 40.9 Å². The summed E-state index contributed by atoms with van der Waals surface area (Å²) >= 11 is 6.02. The smallest absolute Gasteiger partial charge is 0.241 e. The van der Waals surface area contributed by atoms with Crippen LogP contribution in [0, 0.1) is 41.8 Å². The molecule has 2 heterocycles. The van der Waals surface area contributed by atoms with Crippen molar-refractivity contribution in [1.29, 1.82) is 0 Å². The van der Waals surface area contributed by atoms with E-state index in [2.05, 4.69) is 0 Å². The maximum atomic E-state index is 14.3. The Hall–Kier alpha value is -3.52. The number of aromatic hydroxyl groups is 1. The quantitative estimate of drug-likeness (QED) is 0.440. The number of amides is 4. The van der Waals surface area contributed by atoms with Gasteiger partial charge >= 0.3 is 0 Å². The predicted molar refractivity (Wildman–Crippen MR) is 141 cm³/mol. The fourth-order valence-electron chi connectivity index (χ4n) is 7.52. The normalized spacial score (nSPS) is 31.8. The van der Waals surface area contributed by atoms with Crippen LogP contribution in [0.2, 0.25) is 5.02 Å². The highest BCUT2D eigenvalue weighted by Crippen LogP contribution is 2.64. The summed E-state index contributed by atoms with van der Waals surface area (Å²) < 4.78 is 14.0. The van der Waals surface area contributed by atoms with Crippen molar-refractivity contribution in [1.82, 2.24) is 4.90 Å². The highest BCUT2D eigenvalue weighted by Gasteiger charge is 2.67. The monoisotopic (exact) mass is 550 g/mol. The number of hydrogen-bond donors (Lipinski definition) is 1. The second-order valence-corrected chi connectivity index (χ2v) is 11.6. The minimum absolute atomic E-state index is 0.0266. The van der Waals surface area contributed by atoms with Gasteiger partial charge in [-0.3, -0.25) is 24.1 Å². The van der Waals surface area contributed by atoms with E-state index >= 15 is 0 Å². The number of anilines is 1. The zero-order valence-corrected chi connectivity index (χ0v) is 22.5. The standard InChI is InChI=1S/C30H28ClFN2O5/c1-4-33-26(36)17-10-9-16-19(23(17)28(33)38)13-20-27(37)34(15-8-11-22(32)21(31)12-15)29(39)30(20,3)24(16)18-7-5-6-14(2)25(18)35/h5-9,11-12,17,19-20,23-24,35H,4,10,13H2,1-3H3. The van der Waals surface area contributed by atoms with E-state index in [1.54, 1.807) is 39.0 Å². The number of fused-ring (bicyclic) bond motifs is 4. The number of para-hydroxylation sites is 1. The van der Waals surface area contributed by atoms with Crippen LogP contribution in [0.15, 0.2) is 48.0 Å². The average molecular weight is 551 g/mol. The first-order chi connectivity index (χ1) is 18.5. The van der Waals surface area contributed by atoms with Crippen molar-refractivity contribution in [3.8, 4) is 5.75 Å². The van der Waals surface area contributed by atoms with Crippen LogP contribution in [0.5, 0.6) is 5.75 Å². The summed E-state index contributed by atoms with van der Waals surface area (Å²) in [6.45, 7) is 5.53. The highest BCUT2D eigenvalue weighted by molar-refractivity contribution is 6.31. The van der Waals surface area contributed by atoms with E-state index < -0.39 is 52.6 Å². The first kappa shape index (κ1) is 25.7. The molecule has 1 N–H and O–H groups in total. The number of phenolic OH excluding ortho intramolecular Hbond substituents is 1. The number of carbonyl (C=O) groups excluding carboxylic acids is 4. The molecule has 6 rings (SSSR count). The molecule has 2 aliphatic heterocycles. The molecular weight excluding hydrogens is 523 g/mol. The number of likely N-dealkylation sites (tertiary alicyclic amines) is 1. The van der Waals surface area contributed by atoms with Gasteiger partial charge in [-0.2, -0.15) is 0 Å². The molecule has 2 aliphatic carbocycles. The lowest BCUT2D eigenvalue weighted by atomic mass is 9.51. The van der Waals surface area contributed by atoms with Gasteiger partial charge in [0.1, 0.15) is 11.6 Å². The van der Waals surface area contributed by atoms with E-state index in [-0.39, 0.29) is 41.2 Å². The molecule has 1 saturated carbocycles. The van der Waals surface area contributed by atoms with Crippen LogP contribution in [0.3, 0.4) is 0 Å². The molecule has 2 saturated heterocycles. The largest absolute Gasteiger partial charge is 0.507 e. The van der Waals surface area contributed by atoms with E-state index in [1.807, 2.05) is 6.08 Å². The number of halogens is 2. The number of rotatable bonds is 3. The summed E-state index contributed by atoms with van der Waals surface area (Å²) in [7, 11) is 0. The zero-order valence-electron chi connectivity index (χ0n) is 21.8. The summed E-state index contributed by atoms with van der Waals surface area (Å²) in [5.74, 6) is -5.18. The van der Waals surface area contributed by atoms with Gasteiger partial charge in [-0.15, -0.1) is 0 Å². The van der Waals surface area contributed by atoms with Crippen LogP contribution < -0.4 is 4.90 Å². The molecule has 3 fully saturated rings. The molecule has 0 spiro atoms. The molecular formula is C30H28ClFN2O5. The van der Waals surface area contributed by atoms with Gasteiger partial charge in [0.15, 0.2) is 0 Å². The molecule has 2 aromatic carbocycles. The van der Waals surface area contributed by atoms with Crippen LogP contribution in [-0.2, 0) is 19.2 Å². The summed E-state index contributed by atoms with van der Waals surface area (Å²) in [6, 6.07) is 9.02. The molecule has 4 aliphatic rings. The van der Waals surface area contributed by atoms with Gasteiger partial charge in [0.05, 0.1) is 33.9 Å². The third-order valence-corrected chi connectivity index (χ3v) is 9.71. The maximum absolute atomic E-state index is 14.3. The van der Waals surface area contributed by atoms with Crippen molar-refractivity contribution in [2.75, 3.05) is 11.4 Å². The van der Waals surface area contributed by atoms with Crippen molar-refractivity contribution in [2.45, 2.75) is 39.5 Å². The Balaban J connectivity index is 1.55. The number of phenols is 1. The molecule has 202 valence electrons. The first-order valence-corrected chi connectivity index (χ1v) is 13.6. The van der Waals surface area contributed by atoms with Crippen LogP contribution in [0.4, 0.5) is 10.1 Å². The fraction of sp³-hybridized carbons (Fsp3) is 0.400. The Labute approximate surface area is 230 Å². The van der Waals surface area contributed by atoms with Gasteiger partial charge in [0.2, 0.25) is 23.6 Å². The van der Waals surface area contributed by atoms with Gasteiger partial charge in [-0.05, 0) is 63.3 Å². The fourth-order valence-corrected chi connectivity index (χ4v) is 7.70. The molecule has 7 nitrogen and oxygen atoms in total. The molecule has 39 heavy (non-hydrogen) atoms. The maximum Gasteiger partial charge on any atom is 0.241 e. The number of hydrogen-bond acceptors (Lipinski definition) is 5. The van der Waals surface area contributed by atoms with Gasteiger partial charge in [-0.1, -0.05) is 41.4 Å². The number of carbonyl (C=O) groups is 4. The summed E-state index contributed by atoms with van der Waals surface area (Å²) in [5, 5.41) is 11.0. The topological polar surface area (TPSA) is 95.0 Å². The van der Waals surface area contributed by atoms with Crippen LogP contribution in [0.1, 0.15) is 43.7 Å². The Morgan fingerprint density at radius 2 is 1.82 bits per heavy atom. The van der Waals surface area contributed by atoms with E-state index in [0.29, 0.717) is 17.5 Å². The second-order valence-electron chi connectivity index (χ2n) is 11.2. The number of nitrogens with zero attached hydrogens (tertiary/aromatic N) is 2. The number of aryl methyl sites for hydroxylation is 1. The lowest BCUT2D eigenvalue weighted by molar-refractivity contribution is -0.140. The second kappa shape index (κ2) is 8.74. The number of imide groups is 2. The lowest BCUT2D eigenvalue weighted by Gasteiger charge is -2.49. The Kier molecular flexibility index (Phi) is 5.77. The van der Waals surface area contributed by atoms with Gasteiger partial charge in [0.25, 0.3) is 0 Å². The van der Waals surface area contributed by atoms with Crippen LogP contribution in [0.25, 0.3) is 0 Å². The molecule has 6 unspecified atom stereocenters. The Bertz CT molecular complexity index is 1500. The summed E-state index contributed by atoms with van der Waals surface area (Å²) in [5.41, 5.74) is 0.788. The predicted octanol–water partition coefficient (Wildman–Crippen LogP) is 4.74. The van der Waals surface area contributed by atoms with Crippen molar-refractivity contribution in [3.05, 3.63) is 70.0 Å². The van der Waals surface area contributed by atoms with Gasteiger partial charge in [-0.25, -0.2) is 9.29 Å². The Morgan fingerprint density at radius 1 is 1.08 bits per heavy atom. The zero-order chi connectivity index (χ0) is 28.0. The van der Waals surface area contributed by atoms with E-state index in [1.165, 1.54) is 17.0 Å². The van der Waals surface area contributed by atoms with Crippen LogP contribution >= 0.6 is 11.6 Å². The van der Waals surface area contributed by atoms with Crippen molar-refractivity contribution in [3.63, 3.8) is 0 Å². The lowest BCUT2D eigenvalue weighted by Crippen LogP contribution is -2.48. The van der Waals surface area contributed by atoms with Gasteiger partial charge in [0, 0.05) is 18.0 Å². The van der Waals surface area contributed by atoms with E-state index in [0.717, 1.165) is 16.5 Å². The van der Waals surface area contributed by atoms with Crippen molar-refractivity contribution in [2.24, 2.45) is 29.1 Å². The Morgan fingerprint density at radius 3 is 2.51 bits per heavy atom. The number of allylic oxidation sites excluding steroid dienone is 2. The molecule has 4 amide bonds. The molecule has 6 atom stereocenters. The molecule has 2 aromatic rings. The third-order valence-electron chi connectivity index (χ3n) is 9.42. The van der Waals surface area contributed by atoms with E-state index in [4.69, 9.17) is 11.6 Å². The van der Waals surface area contributed by atoms with Gasteiger partial charge < -0.3 is 5.11 Å². The first-order valence-electron chi connectivity index (χ1n) is 13.2. The van der Waals surface area contributed by atoms with E-state index in [9.17, 15) is 28.7 Å². The molecule has 0 bridgehead atoms. The summed E-state index contributed by atoms with van der Waals surface area (Å²) in [4.78, 5) is 57.2. The minimum Gasteiger partial charge on any atom is -0.507 e.